The first-order chi connectivity index (χ1) is 14.5. The first-order valence-corrected chi connectivity index (χ1v) is 9.84. The van der Waals surface area contributed by atoms with Crippen LogP contribution >= 0.6 is 0 Å². The quantitative estimate of drug-likeness (QED) is 0.672. The summed E-state index contributed by atoms with van der Waals surface area (Å²) < 4.78 is 11.4. The van der Waals surface area contributed by atoms with E-state index in [0.29, 0.717) is 22.8 Å². The molecule has 0 fully saturated rings. The number of nitrogens with zero attached hydrogens (tertiary/aromatic N) is 1. The molecule has 2 amide bonds. The lowest BCUT2D eigenvalue weighted by Gasteiger charge is -2.19. The van der Waals surface area contributed by atoms with Gasteiger partial charge in [0.05, 0.1) is 18.2 Å². The van der Waals surface area contributed by atoms with E-state index in [1.807, 2.05) is 0 Å². The second-order valence-corrected chi connectivity index (χ2v) is 8.32. The van der Waals surface area contributed by atoms with E-state index < -0.39 is 5.41 Å². The average Bonchev–Trinajstić information content (AvgIpc) is 2.72. The number of hydrogen-bond acceptors (Lipinski definition) is 5. The van der Waals surface area contributed by atoms with Gasteiger partial charge in [0.2, 0.25) is 11.8 Å². The fourth-order valence-electron chi connectivity index (χ4n) is 2.99. The van der Waals surface area contributed by atoms with E-state index in [1.165, 1.54) is 25.0 Å². The molecule has 1 N–H and O–H groups in total. The van der Waals surface area contributed by atoms with Gasteiger partial charge < -0.3 is 19.4 Å². The van der Waals surface area contributed by atoms with E-state index in [0.717, 1.165) is 5.69 Å². The molecule has 1 heterocycles. The number of rotatable bonds is 4. The number of methoxy groups -OCH3 is 1. The fourth-order valence-corrected chi connectivity index (χ4v) is 2.99. The van der Waals surface area contributed by atoms with Crippen LogP contribution in [0.1, 0.15) is 27.7 Å². The SMILES string of the molecule is COc1ccc(NC(=O)C(C)(C)C)c2c(=O)cc(-c3ccc(N(C)C(C)=O)cc3)oc12. The smallest absolute Gasteiger partial charge is 0.229 e. The molecule has 0 radical (unpaired) electrons. The summed E-state index contributed by atoms with van der Waals surface area (Å²) in [6.07, 6.45) is 0. The van der Waals surface area contributed by atoms with E-state index in [2.05, 4.69) is 5.32 Å². The highest BCUT2D eigenvalue weighted by Crippen LogP contribution is 2.33. The van der Waals surface area contributed by atoms with Crippen molar-refractivity contribution in [2.24, 2.45) is 5.41 Å². The predicted octanol–water partition coefficient (Wildman–Crippen LogP) is 4.44. The van der Waals surface area contributed by atoms with Crippen LogP contribution in [-0.4, -0.2) is 26.0 Å². The average molecular weight is 422 g/mol. The van der Waals surface area contributed by atoms with Crippen molar-refractivity contribution in [3.8, 4) is 17.1 Å². The van der Waals surface area contributed by atoms with Gasteiger partial charge in [-0.3, -0.25) is 14.4 Å². The lowest BCUT2D eigenvalue weighted by atomic mass is 9.95. The Morgan fingerprint density at radius 2 is 1.71 bits per heavy atom. The molecule has 31 heavy (non-hydrogen) atoms. The molecule has 7 heteroatoms. The Balaban J connectivity index is 2.12. The van der Waals surface area contributed by atoms with E-state index in [9.17, 15) is 14.4 Å². The predicted molar refractivity (Wildman–Crippen MR) is 122 cm³/mol. The molecule has 162 valence electrons. The van der Waals surface area contributed by atoms with Gasteiger partial charge in [0, 0.05) is 36.7 Å². The van der Waals surface area contributed by atoms with Crippen molar-refractivity contribution in [2.45, 2.75) is 27.7 Å². The minimum absolute atomic E-state index is 0.0837. The number of carbonyl (C=O) groups excluding carboxylic acids is 2. The summed E-state index contributed by atoms with van der Waals surface area (Å²) in [7, 11) is 3.17. The summed E-state index contributed by atoms with van der Waals surface area (Å²) >= 11 is 0. The van der Waals surface area contributed by atoms with Crippen LogP contribution < -0.4 is 20.4 Å². The van der Waals surface area contributed by atoms with Gasteiger partial charge in [-0.25, -0.2) is 0 Å². The molecule has 7 nitrogen and oxygen atoms in total. The molecular formula is C24H26N2O5. The lowest BCUT2D eigenvalue weighted by molar-refractivity contribution is -0.123. The van der Waals surface area contributed by atoms with Crippen molar-refractivity contribution in [3.63, 3.8) is 0 Å². The molecule has 2 aromatic carbocycles. The summed E-state index contributed by atoms with van der Waals surface area (Å²) in [6.45, 7) is 6.87. The largest absolute Gasteiger partial charge is 0.493 e. The van der Waals surface area contributed by atoms with Crippen LogP contribution in [0.4, 0.5) is 11.4 Å². The zero-order chi connectivity index (χ0) is 22.9. The fraction of sp³-hybridized carbons (Fsp3) is 0.292. The van der Waals surface area contributed by atoms with Gasteiger partial charge in [0.25, 0.3) is 0 Å². The Morgan fingerprint density at radius 1 is 1.06 bits per heavy atom. The van der Waals surface area contributed by atoms with Crippen LogP contribution in [0.3, 0.4) is 0 Å². The van der Waals surface area contributed by atoms with Crippen LogP contribution in [0.5, 0.6) is 5.75 Å². The van der Waals surface area contributed by atoms with Crippen molar-refractivity contribution >= 4 is 34.2 Å². The van der Waals surface area contributed by atoms with Gasteiger partial charge in [0.1, 0.15) is 5.76 Å². The molecule has 0 saturated heterocycles. The molecule has 0 aliphatic carbocycles. The summed E-state index contributed by atoms with van der Waals surface area (Å²) in [6, 6.07) is 11.8. The molecule has 0 unspecified atom stereocenters. The number of nitrogens with one attached hydrogen (secondary N) is 1. The second kappa shape index (κ2) is 8.26. The number of carbonyl (C=O) groups is 2. The Morgan fingerprint density at radius 3 is 2.26 bits per heavy atom. The van der Waals surface area contributed by atoms with Gasteiger partial charge in [0.15, 0.2) is 16.8 Å². The van der Waals surface area contributed by atoms with E-state index >= 15 is 0 Å². The highest BCUT2D eigenvalue weighted by molar-refractivity contribution is 6.04. The lowest BCUT2D eigenvalue weighted by Crippen LogP contribution is -2.28. The maximum absolute atomic E-state index is 13.0. The number of amides is 2. The van der Waals surface area contributed by atoms with Crippen LogP contribution in [0.2, 0.25) is 0 Å². The third kappa shape index (κ3) is 4.45. The Hall–Kier alpha value is -3.61. The maximum atomic E-state index is 13.0. The monoisotopic (exact) mass is 422 g/mol. The maximum Gasteiger partial charge on any atom is 0.229 e. The zero-order valence-corrected chi connectivity index (χ0v) is 18.5. The molecule has 0 aliphatic heterocycles. The number of anilines is 2. The highest BCUT2D eigenvalue weighted by atomic mass is 16.5. The second-order valence-electron chi connectivity index (χ2n) is 8.32. The zero-order valence-electron chi connectivity index (χ0n) is 18.5. The molecular weight excluding hydrogens is 396 g/mol. The van der Waals surface area contributed by atoms with E-state index in [-0.39, 0.29) is 28.2 Å². The van der Waals surface area contributed by atoms with Crippen molar-refractivity contribution < 1.29 is 18.7 Å². The van der Waals surface area contributed by atoms with Gasteiger partial charge in [-0.1, -0.05) is 20.8 Å². The summed E-state index contributed by atoms with van der Waals surface area (Å²) in [5, 5.41) is 3.06. The van der Waals surface area contributed by atoms with Crippen LogP contribution in [0, 0.1) is 5.41 Å². The Kier molecular flexibility index (Phi) is 5.88. The molecule has 0 spiro atoms. The van der Waals surface area contributed by atoms with Crippen molar-refractivity contribution in [1.82, 2.24) is 0 Å². The van der Waals surface area contributed by atoms with Crippen LogP contribution in [-0.2, 0) is 9.59 Å². The molecule has 0 bridgehead atoms. The van der Waals surface area contributed by atoms with Gasteiger partial charge in [-0.2, -0.15) is 0 Å². The third-order valence-corrected chi connectivity index (χ3v) is 5.00. The summed E-state index contributed by atoms with van der Waals surface area (Å²) in [5.41, 5.74) is 1.09. The Labute approximate surface area is 180 Å². The van der Waals surface area contributed by atoms with E-state index in [4.69, 9.17) is 9.15 Å². The molecule has 3 rings (SSSR count). The number of fused-ring (bicyclic) bond motifs is 1. The first kappa shape index (κ1) is 22.1. The molecule has 0 aliphatic rings. The highest BCUT2D eigenvalue weighted by Gasteiger charge is 2.23. The van der Waals surface area contributed by atoms with Crippen molar-refractivity contribution in [1.29, 1.82) is 0 Å². The van der Waals surface area contributed by atoms with Crippen molar-refractivity contribution in [2.75, 3.05) is 24.4 Å². The Bertz CT molecular complexity index is 1200. The molecule has 0 saturated carbocycles. The van der Waals surface area contributed by atoms with Crippen molar-refractivity contribution in [3.05, 3.63) is 52.7 Å². The molecule has 3 aromatic rings. The molecule has 0 atom stereocenters. The normalized spacial score (nSPS) is 11.3. The number of ether oxygens (including phenoxy) is 1. The van der Waals surface area contributed by atoms with Crippen LogP contribution in [0.25, 0.3) is 22.3 Å². The molecule has 1 aromatic heterocycles. The summed E-state index contributed by atoms with van der Waals surface area (Å²) in [5.74, 6) is 0.440. The topological polar surface area (TPSA) is 88.9 Å². The first-order valence-electron chi connectivity index (χ1n) is 9.84. The third-order valence-electron chi connectivity index (χ3n) is 5.00. The van der Waals surface area contributed by atoms with Gasteiger partial charge in [-0.05, 0) is 36.4 Å². The minimum Gasteiger partial charge on any atom is -0.493 e. The van der Waals surface area contributed by atoms with Gasteiger partial charge in [-0.15, -0.1) is 0 Å². The van der Waals surface area contributed by atoms with Crippen LogP contribution in [0.15, 0.2) is 51.7 Å². The van der Waals surface area contributed by atoms with E-state index in [1.54, 1.807) is 64.2 Å². The van der Waals surface area contributed by atoms with Gasteiger partial charge >= 0.3 is 0 Å². The minimum atomic E-state index is -0.624. The number of hydrogen-bond donors (Lipinski definition) is 1. The summed E-state index contributed by atoms with van der Waals surface area (Å²) in [4.78, 5) is 38.6. The standard InChI is InChI=1S/C24H26N2O5/c1-14(27)26(5)16-9-7-15(8-10-16)20-13-18(28)21-17(25-23(29)24(2,3)4)11-12-19(30-6)22(21)31-20/h7-13H,1-6H3,(H,25,29). The number of benzene rings is 2.